The molecular weight excluding hydrogens is 396 g/mol. The minimum atomic E-state index is -0.240. The lowest BCUT2D eigenvalue weighted by atomic mass is 10.1. The van der Waals surface area contributed by atoms with Gasteiger partial charge in [-0.3, -0.25) is 4.79 Å². The molecule has 0 saturated heterocycles. The van der Waals surface area contributed by atoms with Gasteiger partial charge in [0.2, 0.25) is 5.88 Å². The van der Waals surface area contributed by atoms with Gasteiger partial charge in [-0.2, -0.15) is 9.78 Å². The standard InChI is InChI=1S/C22H18N6O3/c1-30-18-4-2-3-17(13-18)21-26-25-19-9-10-20(27-28(19)21)31-12-11-24-22(29)16-7-5-15(14-23)6-8-16/h2-10,13H,11-12H2,1H3,(H,24,29). The van der Waals surface area contributed by atoms with E-state index in [0.29, 0.717) is 40.8 Å². The van der Waals surface area contributed by atoms with E-state index in [9.17, 15) is 4.79 Å². The number of rotatable bonds is 7. The smallest absolute Gasteiger partial charge is 0.251 e. The van der Waals surface area contributed by atoms with Gasteiger partial charge in [-0.15, -0.1) is 15.3 Å². The third kappa shape index (κ3) is 4.43. The maximum Gasteiger partial charge on any atom is 0.251 e. The first-order valence-corrected chi connectivity index (χ1v) is 9.46. The summed E-state index contributed by atoms with van der Waals surface area (Å²) in [6.07, 6.45) is 0. The van der Waals surface area contributed by atoms with E-state index in [1.807, 2.05) is 30.3 Å². The van der Waals surface area contributed by atoms with Crippen molar-refractivity contribution in [3.63, 3.8) is 0 Å². The number of nitrogens with zero attached hydrogens (tertiary/aromatic N) is 5. The van der Waals surface area contributed by atoms with E-state index in [-0.39, 0.29) is 12.5 Å². The number of hydrogen-bond donors (Lipinski definition) is 1. The van der Waals surface area contributed by atoms with Crippen LogP contribution in [0.1, 0.15) is 15.9 Å². The van der Waals surface area contributed by atoms with Crippen LogP contribution in [0.15, 0.2) is 60.7 Å². The Morgan fingerprint density at radius 2 is 1.97 bits per heavy atom. The van der Waals surface area contributed by atoms with Crippen molar-refractivity contribution >= 4 is 11.6 Å². The van der Waals surface area contributed by atoms with Crippen molar-refractivity contribution in [3.05, 3.63) is 71.8 Å². The highest BCUT2D eigenvalue weighted by atomic mass is 16.5. The number of methoxy groups -OCH3 is 1. The number of benzene rings is 2. The van der Waals surface area contributed by atoms with Gasteiger partial charge in [0, 0.05) is 17.2 Å². The predicted molar refractivity (Wildman–Crippen MR) is 112 cm³/mol. The summed E-state index contributed by atoms with van der Waals surface area (Å²) >= 11 is 0. The molecule has 0 radical (unpaired) electrons. The minimum absolute atomic E-state index is 0.233. The number of amides is 1. The van der Waals surface area contributed by atoms with Crippen molar-refractivity contribution in [2.45, 2.75) is 0 Å². The van der Waals surface area contributed by atoms with Gasteiger partial charge in [-0.05, 0) is 42.5 Å². The molecule has 4 rings (SSSR count). The van der Waals surface area contributed by atoms with E-state index in [0.717, 1.165) is 5.56 Å². The van der Waals surface area contributed by atoms with Gasteiger partial charge >= 0.3 is 0 Å². The Morgan fingerprint density at radius 3 is 2.74 bits per heavy atom. The van der Waals surface area contributed by atoms with Crippen LogP contribution in [0, 0.1) is 11.3 Å². The van der Waals surface area contributed by atoms with Gasteiger partial charge in [0.05, 0.1) is 25.3 Å². The SMILES string of the molecule is COc1cccc(-c2nnc3ccc(OCCNC(=O)c4ccc(C#N)cc4)nn23)c1. The monoisotopic (exact) mass is 414 g/mol. The molecule has 0 fully saturated rings. The second-order valence-corrected chi connectivity index (χ2v) is 6.49. The molecule has 154 valence electrons. The summed E-state index contributed by atoms with van der Waals surface area (Å²) in [5.41, 5.74) is 2.38. The first kappa shape index (κ1) is 19.8. The van der Waals surface area contributed by atoms with Gasteiger partial charge in [0.15, 0.2) is 11.5 Å². The molecule has 2 aromatic heterocycles. The predicted octanol–water partition coefficient (Wildman–Crippen LogP) is 2.48. The molecular formula is C22H18N6O3. The number of aromatic nitrogens is 4. The lowest BCUT2D eigenvalue weighted by Gasteiger charge is -2.08. The maximum atomic E-state index is 12.2. The van der Waals surface area contributed by atoms with Crippen molar-refractivity contribution in [1.29, 1.82) is 5.26 Å². The molecule has 0 aliphatic carbocycles. The Morgan fingerprint density at radius 1 is 1.13 bits per heavy atom. The fourth-order valence-electron chi connectivity index (χ4n) is 2.91. The summed E-state index contributed by atoms with van der Waals surface area (Å²) in [6.45, 7) is 0.528. The fraction of sp³-hybridized carbons (Fsp3) is 0.136. The molecule has 9 heteroatoms. The van der Waals surface area contributed by atoms with Crippen LogP contribution < -0.4 is 14.8 Å². The Bertz CT molecular complexity index is 1260. The number of hydrogen-bond acceptors (Lipinski definition) is 7. The third-order valence-corrected chi connectivity index (χ3v) is 4.48. The molecule has 0 atom stereocenters. The largest absolute Gasteiger partial charge is 0.497 e. The number of nitrogens with one attached hydrogen (secondary N) is 1. The molecule has 2 aromatic carbocycles. The summed E-state index contributed by atoms with van der Waals surface area (Å²) in [6, 6.07) is 19.4. The van der Waals surface area contributed by atoms with Crippen molar-refractivity contribution < 1.29 is 14.3 Å². The fourth-order valence-corrected chi connectivity index (χ4v) is 2.91. The summed E-state index contributed by atoms with van der Waals surface area (Å²) in [7, 11) is 1.60. The van der Waals surface area contributed by atoms with E-state index in [1.165, 1.54) is 0 Å². The van der Waals surface area contributed by atoms with Gasteiger partial charge in [0.25, 0.3) is 5.91 Å². The number of fused-ring (bicyclic) bond motifs is 1. The van der Waals surface area contributed by atoms with Crippen LogP contribution in [0.4, 0.5) is 0 Å². The van der Waals surface area contributed by atoms with Crippen LogP contribution in [0.2, 0.25) is 0 Å². The van der Waals surface area contributed by atoms with Gasteiger partial charge in [-0.1, -0.05) is 12.1 Å². The molecule has 0 bridgehead atoms. The molecule has 0 aliphatic rings. The zero-order chi connectivity index (χ0) is 21.6. The molecule has 1 amide bonds. The Kier molecular flexibility index (Phi) is 5.71. The third-order valence-electron chi connectivity index (χ3n) is 4.48. The average Bonchev–Trinajstić information content (AvgIpc) is 3.25. The second kappa shape index (κ2) is 8.92. The zero-order valence-corrected chi connectivity index (χ0v) is 16.6. The van der Waals surface area contributed by atoms with Crippen LogP contribution in [0.3, 0.4) is 0 Å². The van der Waals surface area contributed by atoms with Crippen molar-refractivity contribution in [3.8, 4) is 29.1 Å². The highest BCUT2D eigenvalue weighted by Gasteiger charge is 2.11. The molecule has 1 N–H and O–H groups in total. The van der Waals surface area contributed by atoms with E-state index < -0.39 is 0 Å². The lowest BCUT2D eigenvalue weighted by molar-refractivity contribution is 0.0946. The Balaban J connectivity index is 1.40. The highest BCUT2D eigenvalue weighted by Crippen LogP contribution is 2.23. The van der Waals surface area contributed by atoms with Crippen LogP contribution in [0.25, 0.3) is 17.0 Å². The number of ether oxygens (including phenoxy) is 2. The average molecular weight is 414 g/mol. The highest BCUT2D eigenvalue weighted by molar-refractivity contribution is 5.94. The number of carbonyl (C=O) groups excluding carboxylic acids is 1. The molecule has 0 saturated carbocycles. The summed E-state index contributed by atoms with van der Waals surface area (Å²) < 4.78 is 12.5. The van der Waals surface area contributed by atoms with Gasteiger partial charge in [0.1, 0.15) is 12.4 Å². The summed E-state index contributed by atoms with van der Waals surface area (Å²) in [5.74, 6) is 1.41. The van der Waals surface area contributed by atoms with Crippen LogP contribution in [-0.2, 0) is 0 Å². The molecule has 9 nitrogen and oxygen atoms in total. The first-order valence-electron chi connectivity index (χ1n) is 9.46. The summed E-state index contributed by atoms with van der Waals surface area (Å²) in [4.78, 5) is 12.2. The molecule has 0 unspecified atom stereocenters. The molecule has 2 heterocycles. The zero-order valence-electron chi connectivity index (χ0n) is 16.6. The van der Waals surface area contributed by atoms with Crippen LogP contribution >= 0.6 is 0 Å². The molecule has 0 aliphatic heterocycles. The van der Waals surface area contributed by atoms with Crippen molar-refractivity contribution in [1.82, 2.24) is 25.1 Å². The van der Waals surface area contributed by atoms with Crippen molar-refractivity contribution in [2.24, 2.45) is 0 Å². The van der Waals surface area contributed by atoms with E-state index >= 15 is 0 Å². The van der Waals surface area contributed by atoms with E-state index in [4.69, 9.17) is 14.7 Å². The van der Waals surface area contributed by atoms with E-state index in [1.54, 1.807) is 48.0 Å². The Labute approximate surface area is 177 Å². The molecule has 0 spiro atoms. The minimum Gasteiger partial charge on any atom is -0.497 e. The lowest BCUT2D eigenvalue weighted by Crippen LogP contribution is -2.28. The number of nitriles is 1. The van der Waals surface area contributed by atoms with Crippen molar-refractivity contribution in [2.75, 3.05) is 20.3 Å². The van der Waals surface area contributed by atoms with Crippen LogP contribution in [0.5, 0.6) is 11.6 Å². The topological polar surface area (TPSA) is 114 Å². The van der Waals surface area contributed by atoms with Crippen LogP contribution in [-0.4, -0.2) is 46.0 Å². The second-order valence-electron chi connectivity index (χ2n) is 6.49. The quantitative estimate of drug-likeness (QED) is 0.462. The van der Waals surface area contributed by atoms with Gasteiger partial charge < -0.3 is 14.8 Å². The maximum absolute atomic E-state index is 12.2. The normalized spacial score (nSPS) is 10.5. The molecule has 31 heavy (non-hydrogen) atoms. The van der Waals surface area contributed by atoms with Gasteiger partial charge in [-0.25, -0.2) is 0 Å². The summed E-state index contributed by atoms with van der Waals surface area (Å²) in [5, 5.41) is 24.4. The molecule has 4 aromatic rings. The van der Waals surface area contributed by atoms with E-state index in [2.05, 4.69) is 20.6 Å². The number of carbonyl (C=O) groups is 1. The first-order chi connectivity index (χ1) is 15.2. The Hall–Kier alpha value is -4.45.